The summed E-state index contributed by atoms with van der Waals surface area (Å²) in [6.45, 7) is 10.1. The number of nitrogens with zero attached hydrogens (tertiary/aromatic N) is 3. The van der Waals surface area contributed by atoms with Crippen LogP contribution in [0.2, 0.25) is 0 Å². The van der Waals surface area contributed by atoms with Gasteiger partial charge in [0.15, 0.2) is 5.13 Å². The van der Waals surface area contributed by atoms with Gasteiger partial charge in [-0.15, -0.1) is 16.4 Å². The number of aromatic amines is 1. The fraction of sp³-hybridized carbons (Fsp3) is 0.538. The van der Waals surface area contributed by atoms with E-state index in [0.717, 1.165) is 5.69 Å². The average molecular weight is 293 g/mol. The van der Waals surface area contributed by atoms with Crippen molar-refractivity contribution in [3.05, 3.63) is 22.7 Å². The van der Waals surface area contributed by atoms with E-state index in [0.29, 0.717) is 16.9 Å². The first-order valence-corrected chi connectivity index (χ1v) is 7.35. The molecule has 0 spiro atoms. The van der Waals surface area contributed by atoms with Crippen LogP contribution < -0.4 is 5.32 Å². The zero-order valence-corrected chi connectivity index (χ0v) is 13.1. The van der Waals surface area contributed by atoms with E-state index < -0.39 is 0 Å². The Labute approximate surface area is 122 Å². The fourth-order valence-electron chi connectivity index (χ4n) is 1.46. The SMILES string of the molecule is CC(C)c1csc(NC(=O)c2n[nH]c(C(C)(C)C)n2)n1. The molecule has 2 aromatic heterocycles. The highest BCUT2D eigenvalue weighted by molar-refractivity contribution is 7.14. The summed E-state index contributed by atoms with van der Waals surface area (Å²) in [5, 5.41) is 12.0. The first-order chi connectivity index (χ1) is 9.27. The summed E-state index contributed by atoms with van der Waals surface area (Å²) in [5.74, 6) is 0.815. The van der Waals surface area contributed by atoms with Crippen LogP contribution in [0.3, 0.4) is 0 Å². The minimum Gasteiger partial charge on any atom is -0.295 e. The summed E-state index contributed by atoms with van der Waals surface area (Å²) >= 11 is 1.40. The maximum absolute atomic E-state index is 12.0. The van der Waals surface area contributed by atoms with Crippen LogP contribution in [0.15, 0.2) is 5.38 Å². The van der Waals surface area contributed by atoms with E-state index in [1.807, 2.05) is 26.2 Å². The normalized spacial score (nSPS) is 11.9. The Morgan fingerprint density at radius 1 is 1.35 bits per heavy atom. The van der Waals surface area contributed by atoms with E-state index in [4.69, 9.17) is 0 Å². The van der Waals surface area contributed by atoms with Crippen LogP contribution in [-0.4, -0.2) is 26.1 Å². The Morgan fingerprint density at radius 3 is 2.55 bits per heavy atom. The van der Waals surface area contributed by atoms with Gasteiger partial charge in [-0.1, -0.05) is 34.6 Å². The van der Waals surface area contributed by atoms with Gasteiger partial charge in [-0.25, -0.2) is 9.97 Å². The van der Waals surface area contributed by atoms with Crippen molar-refractivity contribution in [1.82, 2.24) is 20.2 Å². The summed E-state index contributed by atoms with van der Waals surface area (Å²) in [4.78, 5) is 20.6. The van der Waals surface area contributed by atoms with Crippen LogP contribution in [0.5, 0.6) is 0 Å². The van der Waals surface area contributed by atoms with E-state index in [2.05, 4.69) is 39.3 Å². The predicted molar refractivity (Wildman–Crippen MR) is 79.2 cm³/mol. The van der Waals surface area contributed by atoms with Gasteiger partial charge in [0.1, 0.15) is 5.82 Å². The average Bonchev–Trinajstić information content (AvgIpc) is 2.95. The second-order valence-electron chi connectivity index (χ2n) is 5.94. The van der Waals surface area contributed by atoms with E-state index in [-0.39, 0.29) is 17.1 Å². The molecule has 0 saturated carbocycles. The minimum atomic E-state index is -0.346. The van der Waals surface area contributed by atoms with Crippen molar-refractivity contribution in [2.45, 2.75) is 46.0 Å². The molecular formula is C13H19N5OS. The number of aromatic nitrogens is 4. The van der Waals surface area contributed by atoms with Crippen LogP contribution in [0.25, 0.3) is 0 Å². The van der Waals surface area contributed by atoms with Crippen molar-refractivity contribution in [2.24, 2.45) is 0 Å². The Hall–Kier alpha value is -1.76. The van der Waals surface area contributed by atoms with Crippen molar-refractivity contribution in [3.8, 4) is 0 Å². The Morgan fingerprint density at radius 2 is 2.05 bits per heavy atom. The van der Waals surface area contributed by atoms with Crippen LogP contribution in [0, 0.1) is 0 Å². The number of anilines is 1. The second kappa shape index (κ2) is 5.32. The number of thiazole rings is 1. The highest BCUT2D eigenvalue weighted by Crippen LogP contribution is 2.22. The third-order valence-electron chi connectivity index (χ3n) is 2.73. The number of hydrogen-bond donors (Lipinski definition) is 2. The van der Waals surface area contributed by atoms with Crippen molar-refractivity contribution in [2.75, 3.05) is 5.32 Å². The van der Waals surface area contributed by atoms with Crippen LogP contribution in [0.4, 0.5) is 5.13 Å². The molecule has 0 aliphatic carbocycles. The van der Waals surface area contributed by atoms with Crippen molar-refractivity contribution >= 4 is 22.4 Å². The van der Waals surface area contributed by atoms with E-state index in [1.165, 1.54) is 11.3 Å². The first-order valence-electron chi connectivity index (χ1n) is 6.47. The van der Waals surface area contributed by atoms with Gasteiger partial charge in [-0.05, 0) is 5.92 Å². The van der Waals surface area contributed by atoms with Gasteiger partial charge in [-0.3, -0.25) is 15.2 Å². The smallest absolute Gasteiger partial charge is 0.295 e. The predicted octanol–water partition coefficient (Wildman–Crippen LogP) is 2.93. The maximum atomic E-state index is 12.0. The molecule has 0 atom stereocenters. The number of amides is 1. The molecule has 7 heteroatoms. The number of nitrogens with one attached hydrogen (secondary N) is 2. The maximum Gasteiger partial charge on any atom is 0.297 e. The van der Waals surface area contributed by atoms with Crippen molar-refractivity contribution in [1.29, 1.82) is 0 Å². The quantitative estimate of drug-likeness (QED) is 0.911. The molecule has 1 amide bonds. The molecule has 2 rings (SSSR count). The van der Waals surface area contributed by atoms with Crippen LogP contribution >= 0.6 is 11.3 Å². The van der Waals surface area contributed by atoms with Gasteiger partial charge in [-0.2, -0.15) is 0 Å². The lowest BCUT2D eigenvalue weighted by molar-refractivity contribution is 0.101. The molecule has 0 saturated heterocycles. The summed E-state index contributed by atoms with van der Waals surface area (Å²) in [6, 6.07) is 0. The molecule has 108 valence electrons. The van der Waals surface area contributed by atoms with Gasteiger partial charge in [0, 0.05) is 10.8 Å². The third kappa shape index (κ3) is 3.22. The topological polar surface area (TPSA) is 83.6 Å². The number of rotatable bonds is 3. The molecule has 0 aromatic carbocycles. The van der Waals surface area contributed by atoms with Gasteiger partial charge in [0.05, 0.1) is 5.69 Å². The van der Waals surface area contributed by atoms with Crippen molar-refractivity contribution < 1.29 is 4.79 Å². The highest BCUT2D eigenvalue weighted by Gasteiger charge is 2.21. The van der Waals surface area contributed by atoms with Gasteiger partial charge >= 0.3 is 0 Å². The number of carbonyl (C=O) groups excluding carboxylic acids is 1. The number of carbonyl (C=O) groups is 1. The van der Waals surface area contributed by atoms with Crippen LogP contribution in [-0.2, 0) is 5.41 Å². The Bertz CT molecular complexity index is 608. The monoisotopic (exact) mass is 293 g/mol. The molecule has 6 nitrogen and oxygen atoms in total. The lowest BCUT2D eigenvalue weighted by atomic mass is 9.96. The molecule has 0 radical (unpaired) electrons. The van der Waals surface area contributed by atoms with Crippen molar-refractivity contribution in [3.63, 3.8) is 0 Å². The van der Waals surface area contributed by atoms with Gasteiger partial charge in [0.25, 0.3) is 5.91 Å². The summed E-state index contributed by atoms with van der Waals surface area (Å²) < 4.78 is 0. The molecule has 0 fully saturated rings. The Balaban J connectivity index is 2.10. The third-order valence-corrected chi connectivity index (χ3v) is 3.51. The van der Waals surface area contributed by atoms with Crippen LogP contribution in [0.1, 0.15) is 62.7 Å². The molecule has 2 aromatic rings. The van der Waals surface area contributed by atoms with Gasteiger partial charge < -0.3 is 0 Å². The summed E-state index contributed by atoms with van der Waals surface area (Å²) in [5.41, 5.74) is 0.799. The standard InChI is InChI=1S/C13H19N5OS/c1-7(2)8-6-20-12(14-8)16-10(19)9-15-11(18-17-9)13(3,4)5/h6-7H,1-5H3,(H,14,16,19)(H,15,17,18). The zero-order valence-electron chi connectivity index (χ0n) is 12.3. The number of H-pyrrole nitrogens is 1. The lowest BCUT2D eigenvalue weighted by Crippen LogP contribution is -2.16. The molecule has 0 bridgehead atoms. The summed E-state index contributed by atoms with van der Waals surface area (Å²) in [7, 11) is 0. The fourth-order valence-corrected chi connectivity index (χ4v) is 2.33. The van der Waals surface area contributed by atoms with E-state index >= 15 is 0 Å². The molecule has 0 aliphatic rings. The lowest BCUT2D eigenvalue weighted by Gasteiger charge is -2.12. The highest BCUT2D eigenvalue weighted by atomic mass is 32.1. The molecule has 20 heavy (non-hydrogen) atoms. The van der Waals surface area contributed by atoms with Gasteiger partial charge in [0.2, 0.25) is 5.82 Å². The largest absolute Gasteiger partial charge is 0.297 e. The second-order valence-corrected chi connectivity index (χ2v) is 6.80. The van der Waals surface area contributed by atoms with E-state index in [9.17, 15) is 4.79 Å². The Kier molecular flexibility index (Phi) is 3.89. The van der Waals surface area contributed by atoms with E-state index in [1.54, 1.807) is 0 Å². The molecule has 2 heterocycles. The zero-order chi connectivity index (χ0) is 14.9. The molecule has 2 N–H and O–H groups in total. The first kappa shape index (κ1) is 14.6. The molecular weight excluding hydrogens is 274 g/mol. The molecule has 0 aliphatic heterocycles. The summed E-state index contributed by atoms with van der Waals surface area (Å²) in [6.07, 6.45) is 0. The molecule has 0 unspecified atom stereocenters. The number of hydrogen-bond acceptors (Lipinski definition) is 5. The minimum absolute atomic E-state index is 0.135.